The second-order valence-electron chi connectivity index (χ2n) is 8.57. The van der Waals surface area contributed by atoms with Crippen molar-refractivity contribution >= 4 is 0 Å². The van der Waals surface area contributed by atoms with Crippen molar-refractivity contribution in [1.29, 1.82) is 0 Å². The van der Waals surface area contributed by atoms with Crippen molar-refractivity contribution in [1.82, 2.24) is 0 Å². The minimum atomic E-state index is -0.793. The molecule has 2 rings (SSSR count). The summed E-state index contributed by atoms with van der Waals surface area (Å²) in [5.74, 6) is 1.01. The molecule has 0 radical (unpaired) electrons. The molecule has 0 heterocycles. The van der Waals surface area contributed by atoms with Crippen LogP contribution in [0, 0.1) is 22.7 Å². The Hall–Kier alpha value is -0.600. The highest BCUT2D eigenvalue weighted by atomic mass is 16.3. The average molecular weight is 306 g/mol. The van der Waals surface area contributed by atoms with Crippen LogP contribution in [0.1, 0.15) is 65.7 Å². The molecule has 0 amide bonds. The number of hydrogen-bond donors (Lipinski definition) is 2. The first-order valence-corrected chi connectivity index (χ1v) is 8.83. The lowest BCUT2D eigenvalue weighted by molar-refractivity contribution is -0.0885. The Labute approximate surface area is 136 Å². The molecule has 2 N–H and O–H groups in total. The summed E-state index contributed by atoms with van der Waals surface area (Å²) in [4.78, 5) is 0. The lowest BCUT2D eigenvalue weighted by Crippen LogP contribution is -2.52. The molecule has 0 bridgehead atoms. The Kier molecular flexibility index (Phi) is 4.94. The van der Waals surface area contributed by atoms with Crippen molar-refractivity contribution in [3.8, 4) is 0 Å². The molecule has 0 aromatic rings. The predicted octanol–water partition coefficient (Wildman–Crippen LogP) is 4.47. The van der Waals surface area contributed by atoms with Gasteiger partial charge in [0.15, 0.2) is 0 Å². The van der Waals surface area contributed by atoms with Crippen molar-refractivity contribution in [2.24, 2.45) is 22.7 Å². The van der Waals surface area contributed by atoms with Crippen molar-refractivity contribution in [3.63, 3.8) is 0 Å². The van der Waals surface area contributed by atoms with E-state index in [0.717, 1.165) is 32.1 Å². The van der Waals surface area contributed by atoms with Crippen molar-refractivity contribution in [2.75, 3.05) is 6.61 Å². The molecular formula is C20H34O2. The summed E-state index contributed by atoms with van der Waals surface area (Å²) in [6.45, 7) is 14.9. The SMILES string of the molecule is C=C[C@@](C)(O)CCC1C(=C)CCC2[C@@](C)(CO)CCC[C@]12C. The summed E-state index contributed by atoms with van der Waals surface area (Å²) in [6, 6.07) is 0. The zero-order chi connectivity index (χ0) is 16.6. The third kappa shape index (κ3) is 3.05. The van der Waals surface area contributed by atoms with E-state index in [0.29, 0.717) is 11.8 Å². The fraction of sp³-hybridized carbons (Fsp3) is 0.800. The molecule has 126 valence electrons. The lowest BCUT2D eigenvalue weighted by Gasteiger charge is -2.58. The summed E-state index contributed by atoms with van der Waals surface area (Å²) in [5.41, 5.74) is 0.814. The Morgan fingerprint density at radius 3 is 2.64 bits per heavy atom. The molecule has 0 saturated heterocycles. The maximum absolute atomic E-state index is 10.3. The van der Waals surface area contributed by atoms with E-state index in [-0.39, 0.29) is 17.4 Å². The normalized spacial score (nSPS) is 41.6. The van der Waals surface area contributed by atoms with Crippen LogP contribution in [0.15, 0.2) is 24.8 Å². The van der Waals surface area contributed by atoms with Gasteiger partial charge in [0.1, 0.15) is 0 Å². The molecule has 2 heteroatoms. The van der Waals surface area contributed by atoms with Crippen LogP contribution in [-0.4, -0.2) is 22.4 Å². The van der Waals surface area contributed by atoms with Crippen LogP contribution in [0.4, 0.5) is 0 Å². The number of allylic oxidation sites excluding steroid dienone is 1. The Bertz CT molecular complexity index is 439. The van der Waals surface area contributed by atoms with Gasteiger partial charge < -0.3 is 10.2 Å². The number of fused-ring (bicyclic) bond motifs is 1. The van der Waals surface area contributed by atoms with E-state index in [4.69, 9.17) is 0 Å². The molecular weight excluding hydrogens is 272 g/mol. The number of hydrogen-bond acceptors (Lipinski definition) is 2. The summed E-state index contributed by atoms with van der Waals surface area (Å²) < 4.78 is 0. The Morgan fingerprint density at radius 2 is 2.05 bits per heavy atom. The van der Waals surface area contributed by atoms with Gasteiger partial charge in [-0.05, 0) is 68.1 Å². The maximum atomic E-state index is 10.3. The highest BCUT2D eigenvalue weighted by molar-refractivity contribution is 5.16. The van der Waals surface area contributed by atoms with Gasteiger partial charge in [-0.15, -0.1) is 6.58 Å². The molecule has 2 saturated carbocycles. The van der Waals surface area contributed by atoms with Gasteiger partial charge in [0, 0.05) is 6.61 Å². The fourth-order valence-corrected chi connectivity index (χ4v) is 5.34. The second kappa shape index (κ2) is 6.13. The van der Waals surface area contributed by atoms with Gasteiger partial charge in [-0.1, -0.05) is 38.5 Å². The molecule has 22 heavy (non-hydrogen) atoms. The van der Waals surface area contributed by atoms with Crippen LogP contribution >= 0.6 is 0 Å². The zero-order valence-electron chi connectivity index (χ0n) is 14.7. The van der Waals surface area contributed by atoms with Crippen LogP contribution in [-0.2, 0) is 0 Å². The fourth-order valence-electron chi connectivity index (χ4n) is 5.34. The van der Waals surface area contributed by atoms with E-state index < -0.39 is 5.60 Å². The third-order valence-corrected chi connectivity index (χ3v) is 6.88. The largest absolute Gasteiger partial charge is 0.396 e. The first-order chi connectivity index (χ1) is 10.2. The van der Waals surface area contributed by atoms with Gasteiger partial charge in [-0.2, -0.15) is 0 Å². The standard InChI is InChI=1S/C20H34O2/c1-6-19(4,22)13-10-16-15(2)8-9-17-18(3,14-21)11-7-12-20(16,17)5/h6,16-17,21-22H,1-2,7-14H2,3-5H3/t16?,17?,18-,19-,20-/m1/s1. The average Bonchev–Trinajstić information content (AvgIpc) is 2.46. The van der Waals surface area contributed by atoms with Gasteiger partial charge in [0.05, 0.1) is 5.60 Å². The highest BCUT2D eigenvalue weighted by Gasteiger charge is 2.54. The van der Waals surface area contributed by atoms with Gasteiger partial charge >= 0.3 is 0 Å². The monoisotopic (exact) mass is 306 g/mol. The van der Waals surface area contributed by atoms with Gasteiger partial charge in [-0.3, -0.25) is 0 Å². The van der Waals surface area contributed by atoms with Crippen LogP contribution in [0.5, 0.6) is 0 Å². The molecule has 2 aliphatic carbocycles. The van der Waals surface area contributed by atoms with Crippen molar-refractivity contribution in [2.45, 2.75) is 71.3 Å². The minimum absolute atomic E-state index is 0.0485. The predicted molar refractivity (Wildman–Crippen MR) is 92.6 cm³/mol. The molecule has 0 aromatic heterocycles. The zero-order valence-corrected chi connectivity index (χ0v) is 14.7. The van der Waals surface area contributed by atoms with Crippen LogP contribution in [0.3, 0.4) is 0 Å². The first-order valence-electron chi connectivity index (χ1n) is 8.83. The van der Waals surface area contributed by atoms with E-state index in [9.17, 15) is 10.2 Å². The molecule has 5 atom stereocenters. The maximum Gasteiger partial charge on any atom is 0.0797 e. The number of rotatable bonds is 5. The van der Waals surface area contributed by atoms with Gasteiger partial charge in [0.2, 0.25) is 0 Å². The number of aliphatic hydroxyl groups excluding tert-OH is 1. The van der Waals surface area contributed by atoms with Crippen LogP contribution in [0.25, 0.3) is 0 Å². The van der Waals surface area contributed by atoms with Gasteiger partial charge in [-0.25, -0.2) is 0 Å². The van der Waals surface area contributed by atoms with E-state index in [2.05, 4.69) is 27.0 Å². The van der Waals surface area contributed by atoms with E-state index in [1.807, 2.05) is 6.92 Å². The summed E-state index contributed by atoms with van der Waals surface area (Å²) in [5, 5.41) is 20.3. The van der Waals surface area contributed by atoms with Crippen molar-refractivity contribution < 1.29 is 10.2 Å². The van der Waals surface area contributed by atoms with E-state index in [1.165, 1.54) is 18.4 Å². The summed E-state index contributed by atoms with van der Waals surface area (Å²) in [7, 11) is 0. The first kappa shape index (κ1) is 17.7. The molecule has 2 aliphatic rings. The molecule has 2 unspecified atom stereocenters. The van der Waals surface area contributed by atoms with Crippen LogP contribution < -0.4 is 0 Å². The van der Waals surface area contributed by atoms with Crippen molar-refractivity contribution in [3.05, 3.63) is 24.8 Å². The van der Waals surface area contributed by atoms with Gasteiger partial charge in [0.25, 0.3) is 0 Å². The number of aliphatic hydroxyl groups is 2. The highest BCUT2D eigenvalue weighted by Crippen LogP contribution is 2.61. The van der Waals surface area contributed by atoms with E-state index >= 15 is 0 Å². The molecule has 0 aromatic carbocycles. The quantitative estimate of drug-likeness (QED) is 0.735. The molecule has 2 fully saturated rings. The summed E-state index contributed by atoms with van der Waals surface area (Å²) in [6.07, 6.45) is 9.10. The molecule has 0 spiro atoms. The van der Waals surface area contributed by atoms with Crippen LogP contribution in [0.2, 0.25) is 0 Å². The Balaban J connectivity index is 2.24. The smallest absolute Gasteiger partial charge is 0.0797 e. The Morgan fingerprint density at radius 1 is 1.36 bits per heavy atom. The molecule has 0 aliphatic heterocycles. The van der Waals surface area contributed by atoms with E-state index in [1.54, 1.807) is 6.08 Å². The third-order valence-electron chi connectivity index (χ3n) is 6.88. The lowest BCUT2D eigenvalue weighted by atomic mass is 9.46. The minimum Gasteiger partial charge on any atom is -0.396 e. The second-order valence-corrected chi connectivity index (χ2v) is 8.57. The molecule has 2 nitrogen and oxygen atoms in total. The topological polar surface area (TPSA) is 40.5 Å². The summed E-state index contributed by atoms with van der Waals surface area (Å²) >= 11 is 0.